The maximum absolute atomic E-state index is 12.1. The van der Waals surface area contributed by atoms with Crippen LogP contribution in [-0.4, -0.2) is 19.0 Å². The molecule has 1 N–H and O–H groups in total. The molecule has 0 radical (unpaired) electrons. The Hall–Kier alpha value is -2.29. The molecule has 0 heterocycles. The second-order valence-corrected chi connectivity index (χ2v) is 6.05. The van der Waals surface area contributed by atoms with Gasteiger partial charge in [-0.05, 0) is 24.1 Å². The van der Waals surface area contributed by atoms with E-state index in [4.69, 9.17) is 0 Å². The van der Waals surface area contributed by atoms with Gasteiger partial charge in [-0.3, -0.25) is 4.79 Å². The van der Waals surface area contributed by atoms with E-state index in [-0.39, 0.29) is 5.91 Å². The fourth-order valence-corrected chi connectivity index (χ4v) is 2.67. The normalized spacial score (nSPS) is 10.4. The Morgan fingerprint density at radius 1 is 0.958 bits per heavy atom. The topological polar surface area (TPSA) is 32.3 Å². The second kappa shape index (κ2) is 10.5. The SMILES string of the molecule is CCCCCNC(=O)CCN(Cc1ccccc1)c1ccccc1. The van der Waals surface area contributed by atoms with E-state index in [1.807, 2.05) is 24.3 Å². The van der Waals surface area contributed by atoms with Crippen molar-refractivity contribution in [3.63, 3.8) is 0 Å². The van der Waals surface area contributed by atoms with E-state index < -0.39 is 0 Å². The molecule has 24 heavy (non-hydrogen) atoms. The van der Waals surface area contributed by atoms with E-state index >= 15 is 0 Å². The summed E-state index contributed by atoms with van der Waals surface area (Å²) in [6, 6.07) is 20.7. The monoisotopic (exact) mass is 324 g/mol. The van der Waals surface area contributed by atoms with Crippen molar-refractivity contribution in [2.75, 3.05) is 18.0 Å². The third kappa shape index (κ3) is 6.45. The fourth-order valence-electron chi connectivity index (χ4n) is 2.67. The van der Waals surface area contributed by atoms with Gasteiger partial charge in [-0.1, -0.05) is 68.3 Å². The number of rotatable bonds is 10. The predicted molar refractivity (Wildman–Crippen MR) is 101 cm³/mol. The van der Waals surface area contributed by atoms with Gasteiger partial charge in [-0.2, -0.15) is 0 Å². The van der Waals surface area contributed by atoms with Gasteiger partial charge < -0.3 is 10.2 Å². The Balaban J connectivity index is 1.90. The predicted octanol–water partition coefficient (Wildman–Crippen LogP) is 4.39. The number of nitrogens with zero attached hydrogens (tertiary/aromatic N) is 1. The molecule has 0 aliphatic heterocycles. The summed E-state index contributed by atoms with van der Waals surface area (Å²) in [6.45, 7) is 4.49. The van der Waals surface area contributed by atoms with Crippen LogP contribution in [0.15, 0.2) is 60.7 Å². The van der Waals surface area contributed by atoms with Crippen molar-refractivity contribution in [1.82, 2.24) is 5.32 Å². The molecular formula is C21H28N2O. The average Bonchev–Trinajstić information content (AvgIpc) is 2.64. The van der Waals surface area contributed by atoms with Crippen LogP contribution in [0, 0.1) is 0 Å². The largest absolute Gasteiger partial charge is 0.367 e. The van der Waals surface area contributed by atoms with E-state index in [1.165, 1.54) is 18.4 Å². The van der Waals surface area contributed by atoms with Gasteiger partial charge in [0.15, 0.2) is 0 Å². The molecule has 0 atom stereocenters. The number of carbonyl (C=O) groups excluding carboxylic acids is 1. The van der Waals surface area contributed by atoms with E-state index in [9.17, 15) is 4.79 Å². The molecule has 0 fully saturated rings. The van der Waals surface area contributed by atoms with Crippen LogP contribution >= 0.6 is 0 Å². The number of hydrogen-bond donors (Lipinski definition) is 1. The van der Waals surface area contributed by atoms with E-state index in [0.717, 1.165) is 31.7 Å². The molecule has 3 nitrogen and oxygen atoms in total. The summed E-state index contributed by atoms with van der Waals surface area (Å²) in [5.74, 6) is 0.139. The van der Waals surface area contributed by atoms with Crippen LogP contribution in [0.4, 0.5) is 5.69 Å². The summed E-state index contributed by atoms with van der Waals surface area (Å²) >= 11 is 0. The van der Waals surface area contributed by atoms with Crippen LogP contribution in [0.5, 0.6) is 0 Å². The Morgan fingerprint density at radius 3 is 2.29 bits per heavy atom. The van der Waals surface area contributed by atoms with Crippen LogP contribution in [0.1, 0.15) is 38.2 Å². The van der Waals surface area contributed by atoms with Gasteiger partial charge in [0.1, 0.15) is 0 Å². The number of unbranched alkanes of at least 4 members (excludes halogenated alkanes) is 2. The van der Waals surface area contributed by atoms with Crippen molar-refractivity contribution in [2.24, 2.45) is 0 Å². The smallest absolute Gasteiger partial charge is 0.221 e. The first-order chi connectivity index (χ1) is 11.8. The van der Waals surface area contributed by atoms with Crippen molar-refractivity contribution < 1.29 is 4.79 Å². The first kappa shape index (κ1) is 18.1. The summed E-state index contributed by atoms with van der Waals surface area (Å²) in [7, 11) is 0. The van der Waals surface area contributed by atoms with E-state index in [1.54, 1.807) is 0 Å². The third-order valence-corrected chi connectivity index (χ3v) is 4.05. The van der Waals surface area contributed by atoms with Crippen LogP contribution in [-0.2, 0) is 11.3 Å². The molecule has 2 rings (SSSR count). The molecule has 0 aliphatic rings. The summed E-state index contributed by atoms with van der Waals surface area (Å²) < 4.78 is 0. The quantitative estimate of drug-likeness (QED) is 0.657. The van der Waals surface area contributed by atoms with Gasteiger partial charge in [0, 0.05) is 31.7 Å². The number of anilines is 1. The minimum Gasteiger partial charge on any atom is -0.367 e. The zero-order chi connectivity index (χ0) is 17.0. The number of amides is 1. The van der Waals surface area contributed by atoms with Gasteiger partial charge in [0.05, 0.1) is 0 Å². The molecule has 2 aromatic rings. The van der Waals surface area contributed by atoms with E-state index in [0.29, 0.717) is 6.42 Å². The van der Waals surface area contributed by atoms with Crippen LogP contribution < -0.4 is 10.2 Å². The lowest BCUT2D eigenvalue weighted by Gasteiger charge is -2.25. The summed E-state index contributed by atoms with van der Waals surface area (Å²) in [6.07, 6.45) is 3.93. The Kier molecular flexibility index (Phi) is 7.88. The van der Waals surface area contributed by atoms with Gasteiger partial charge in [-0.15, -0.1) is 0 Å². The molecular weight excluding hydrogens is 296 g/mol. The summed E-state index contributed by atoms with van der Waals surface area (Å²) in [5, 5.41) is 3.02. The molecule has 3 heteroatoms. The molecule has 0 aromatic heterocycles. The van der Waals surface area contributed by atoms with Crippen LogP contribution in [0.2, 0.25) is 0 Å². The molecule has 2 aromatic carbocycles. The molecule has 1 amide bonds. The van der Waals surface area contributed by atoms with Gasteiger partial charge in [0.2, 0.25) is 5.91 Å². The van der Waals surface area contributed by atoms with E-state index in [2.05, 4.69) is 53.5 Å². The highest BCUT2D eigenvalue weighted by Gasteiger charge is 2.09. The van der Waals surface area contributed by atoms with Gasteiger partial charge in [0.25, 0.3) is 0 Å². The number of benzene rings is 2. The Labute approximate surface area is 145 Å². The Morgan fingerprint density at radius 2 is 1.62 bits per heavy atom. The van der Waals surface area contributed by atoms with Gasteiger partial charge in [-0.25, -0.2) is 0 Å². The number of nitrogens with one attached hydrogen (secondary N) is 1. The van der Waals surface area contributed by atoms with Crippen molar-refractivity contribution in [3.8, 4) is 0 Å². The third-order valence-electron chi connectivity index (χ3n) is 4.05. The van der Waals surface area contributed by atoms with Crippen molar-refractivity contribution >= 4 is 11.6 Å². The number of carbonyl (C=O) groups is 1. The van der Waals surface area contributed by atoms with Crippen LogP contribution in [0.25, 0.3) is 0 Å². The highest BCUT2D eigenvalue weighted by atomic mass is 16.1. The lowest BCUT2D eigenvalue weighted by atomic mass is 10.2. The summed E-state index contributed by atoms with van der Waals surface area (Å²) in [5.41, 5.74) is 2.41. The first-order valence-electron chi connectivity index (χ1n) is 8.90. The first-order valence-corrected chi connectivity index (χ1v) is 8.90. The standard InChI is InChI=1S/C21H28N2O/c1-2-3-10-16-22-21(24)15-17-23(20-13-8-5-9-14-20)18-19-11-6-4-7-12-19/h4-9,11-14H,2-3,10,15-18H2,1H3,(H,22,24). The molecule has 0 bridgehead atoms. The molecule has 0 aliphatic carbocycles. The van der Waals surface area contributed by atoms with Crippen LogP contribution in [0.3, 0.4) is 0 Å². The number of hydrogen-bond acceptors (Lipinski definition) is 2. The maximum atomic E-state index is 12.1. The molecule has 0 saturated heterocycles. The minimum atomic E-state index is 0.139. The fraction of sp³-hybridized carbons (Fsp3) is 0.381. The summed E-state index contributed by atoms with van der Waals surface area (Å²) in [4.78, 5) is 14.3. The zero-order valence-electron chi connectivity index (χ0n) is 14.6. The highest BCUT2D eigenvalue weighted by Crippen LogP contribution is 2.17. The molecule has 0 saturated carbocycles. The molecule has 0 unspecified atom stereocenters. The van der Waals surface area contributed by atoms with Crippen molar-refractivity contribution in [3.05, 3.63) is 66.2 Å². The highest BCUT2D eigenvalue weighted by molar-refractivity contribution is 5.76. The lowest BCUT2D eigenvalue weighted by molar-refractivity contribution is -0.120. The second-order valence-electron chi connectivity index (χ2n) is 6.05. The molecule has 0 spiro atoms. The van der Waals surface area contributed by atoms with Crippen molar-refractivity contribution in [2.45, 2.75) is 39.2 Å². The number of para-hydroxylation sites is 1. The Bertz CT molecular complexity index is 583. The van der Waals surface area contributed by atoms with Gasteiger partial charge >= 0.3 is 0 Å². The zero-order valence-corrected chi connectivity index (χ0v) is 14.6. The lowest BCUT2D eigenvalue weighted by Crippen LogP contribution is -2.31. The van der Waals surface area contributed by atoms with Crippen molar-refractivity contribution in [1.29, 1.82) is 0 Å². The minimum absolute atomic E-state index is 0.139. The molecule has 128 valence electrons. The average molecular weight is 324 g/mol. The maximum Gasteiger partial charge on any atom is 0.221 e.